The highest BCUT2D eigenvalue weighted by Crippen LogP contribution is 2.41. The number of hydrogen-bond donors (Lipinski definition) is 1. The molecule has 3 rings (SSSR count). The van der Waals surface area contributed by atoms with Crippen LogP contribution in [0.3, 0.4) is 0 Å². The number of ether oxygens (including phenoxy) is 2. The summed E-state index contributed by atoms with van der Waals surface area (Å²) in [4.78, 5) is 11.3. The Hall–Kier alpha value is -0.610. The molecule has 3 aliphatic rings. The van der Waals surface area contributed by atoms with Gasteiger partial charge >= 0.3 is 0 Å². The lowest BCUT2D eigenvalue weighted by Gasteiger charge is -2.43. The Morgan fingerprint density at radius 3 is 2.87 bits per heavy atom. The number of nitrogens with one attached hydrogen (secondary N) is 1. The van der Waals surface area contributed by atoms with Crippen LogP contribution in [0, 0.1) is 5.92 Å². The molecule has 0 aromatic carbocycles. The molecule has 2 aliphatic heterocycles. The maximum absolute atomic E-state index is 11.3. The van der Waals surface area contributed by atoms with Crippen molar-refractivity contribution in [1.29, 1.82) is 0 Å². The highest BCUT2D eigenvalue weighted by molar-refractivity contribution is 5.77. The minimum Gasteiger partial charge on any atom is -0.353 e. The molecule has 1 aliphatic carbocycles. The van der Waals surface area contributed by atoms with E-state index in [9.17, 15) is 4.79 Å². The molecule has 84 valence electrons. The summed E-state index contributed by atoms with van der Waals surface area (Å²) in [6.07, 6.45) is 4.67. The predicted molar refractivity (Wildman–Crippen MR) is 53.1 cm³/mol. The van der Waals surface area contributed by atoms with Crippen LogP contribution in [0.2, 0.25) is 0 Å². The Bertz CT molecular complexity index is 273. The first-order valence-corrected chi connectivity index (χ1v) is 5.85. The summed E-state index contributed by atoms with van der Waals surface area (Å²) in [5, 5.41) is 3.07. The average molecular weight is 211 g/mol. The van der Waals surface area contributed by atoms with Gasteiger partial charge in [0, 0.05) is 25.3 Å². The minimum absolute atomic E-state index is 0.186. The molecule has 0 bridgehead atoms. The first-order chi connectivity index (χ1) is 7.27. The third-order valence-electron chi connectivity index (χ3n) is 3.90. The van der Waals surface area contributed by atoms with Gasteiger partial charge in [-0.15, -0.1) is 0 Å². The summed E-state index contributed by atoms with van der Waals surface area (Å²) in [6.45, 7) is 1.40. The molecular formula is C11H17NO3. The second-order valence-corrected chi connectivity index (χ2v) is 4.82. The van der Waals surface area contributed by atoms with Gasteiger partial charge in [0.05, 0.1) is 13.2 Å². The Morgan fingerprint density at radius 1 is 1.27 bits per heavy atom. The van der Waals surface area contributed by atoms with Crippen molar-refractivity contribution in [3.8, 4) is 0 Å². The zero-order valence-corrected chi connectivity index (χ0v) is 8.83. The van der Waals surface area contributed by atoms with E-state index in [2.05, 4.69) is 5.32 Å². The molecule has 1 amide bonds. The summed E-state index contributed by atoms with van der Waals surface area (Å²) in [7, 11) is 0. The first-order valence-electron chi connectivity index (χ1n) is 5.85. The molecular weight excluding hydrogens is 194 g/mol. The Labute approximate surface area is 89.3 Å². The molecule has 2 saturated heterocycles. The quantitative estimate of drug-likeness (QED) is 0.645. The average Bonchev–Trinajstić information content (AvgIpc) is 2.66. The van der Waals surface area contributed by atoms with Gasteiger partial charge in [-0.1, -0.05) is 0 Å². The summed E-state index contributed by atoms with van der Waals surface area (Å²) in [5.41, 5.74) is 0. The zero-order chi connectivity index (χ0) is 10.3. The third-order valence-corrected chi connectivity index (χ3v) is 3.90. The van der Waals surface area contributed by atoms with E-state index in [1.807, 2.05) is 0 Å². The van der Waals surface area contributed by atoms with Crippen molar-refractivity contribution in [2.24, 2.45) is 5.92 Å². The van der Waals surface area contributed by atoms with Crippen molar-refractivity contribution < 1.29 is 14.3 Å². The monoisotopic (exact) mass is 211 g/mol. The van der Waals surface area contributed by atoms with Crippen molar-refractivity contribution in [2.75, 3.05) is 13.2 Å². The van der Waals surface area contributed by atoms with Crippen molar-refractivity contribution in [3.63, 3.8) is 0 Å². The lowest BCUT2D eigenvalue weighted by molar-refractivity contribution is -0.191. The largest absolute Gasteiger partial charge is 0.353 e. The van der Waals surface area contributed by atoms with E-state index in [1.165, 1.54) is 0 Å². The Balaban J connectivity index is 1.72. The van der Waals surface area contributed by atoms with Gasteiger partial charge in [-0.3, -0.25) is 4.79 Å². The summed E-state index contributed by atoms with van der Waals surface area (Å²) >= 11 is 0. The second kappa shape index (κ2) is 3.46. The molecule has 15 heavy (non-hydrogen) atoms. The first kappa shape index (κ1) is 9.60. The third kappa shape index (κ3) is 1.66. The van der Waals surface area contributed by atoms with Crippen LogP contribution in [0.5, 0.6) is 0 Å². The molecule has 1 spiro atoms. The van der Waals surface area contributed by atoms with Crippen LogP contribution in [0.1, 0.15) is 32.1 Å². The molecule has 2 atom stereocenters. The van der Waals surface area contributed by atoms with Gasteiger partial charge in [0.25, 0.3) is 0 Å². The van der Waals surface area contributed by atoms with E-state index in [0.717, 1.165) is 25.7 Å². The smallest absolute Gasteiger partial charge is 0.220 e. The molecule has 4 nitrogen and oxygen atoms in total. The van der Waals surface area contributed by atoms with Crippen LogP contribution >= 0.6 is 0 Å². The van der Waals surface area contributed by atoms with E-state index in [1.54, 1.807) is 0 Å². The van der Waals surface area contributed by atoms with Crippen molar-refractivity contribution in [3.05, 3.63) is 0 Å². The molecule has 4 heteroatoms. The number of carbonyl (C=O) groups excluding carboxylic acids is 1. The van der Waals surface area contributed by atoms with Crippen LogP contribution in [0.15, 0.2) is 0 Å². The zero-order valence-electron chi connectivity index (χ0n) is 8.83. The van der Waals surface area contributed by atoms with Crippen LogP contribution in [-0.4, -0.2) is 30.9 Å². The van der Waals surface area contributed by atoms with E-state index in [0.29, 0.717) is 25.6 Å². The Kier molecular flexibility index (Phi) is 2.21. The number of rotatable bonds is 0. The molecule has 0 aromatic heterocycles. The fourth-order valence-corrected chi connectivity index (χ4v) is 3.08. The maximum Gasteiger partial charge on any atom is 0.220 e. The number of carbonyl (C=O) groups is 1. The molecule has 3 fully saturated rings. The summed E-state index contributed by atoms with van der Waals surface area (Å²) < 4.78 is 11.4. The van der Waals surface area contributed by atoms with Gasteiger partial charge < -0.3 is 14.8 Å². The normalized spacial score (nSPS) is 38.8. The molecule has 0 unspecified atom stereocenters. The second-order valence-electron chi connectivity index (χ2n) is 4.82. The van der Waals surface area contributed by atoms with Gasteiger partial charge in [0.1, 0.15) is 0 Å². The standard InChI is InChI=1S/C11H17NO3/c13-10-2-1-8-3-4-11(7-9(8)12-10)14-5-6-15-11/h8-9H,1-7H2,(H,12,13)/t8-,9+/m1/s1. The number of piperidine rings is 1. The van der Waals surface area contributed by atoms with E-state index < -0.39 is 0 Å². The lowest BCUT2D eigenvalue weighted by atomic mass is 9.76. The topological polar surface area (TPSA) is 47.6 Å². The van der Waals surface area contributed by atoms with E-state index >= 15 is 0 Å². The van der Waals surface area contributed by atoms with Gasteiger partial charge in [-0.05, 0) is 18.8 Å². The van der Waals surface area contributed by atoms with E-state index in [4.69, 9.17) is 9.47 Å². The van der Waals surface area contributed by atoms with Crippen molar-refractivity contribution >= 4 is 5.91 Å². The van der Waals surface area contributed by atoms with E-state index in [-0.39, 0.29) is 17.7 Å². The molecule has 0 radical (unpaired) electrons. The van der Waals surface area contributed by atoms with Crippen LogP contribution in [0.4, 0.5) is 0 Å². The highest BCUT2D eigenvalue weighted by Gasteiger charge is 2.46. The van der Waals surface area contributed by atoms with Gasteiger partial charge in [-0.2, -0.15) is 0 Å². The van der Waals surface area contributed by atoms with Crippen LogP contribution in [0.25, 0.3) is 0 Å². The number of fused-ring (bicyclic) bond motifs is 1. The predicted octanol–water partition coefficient (Wildman–Crippen LogP) is 0.808. The molecule has 0 aromatic rings. The minimum atomic E-state index is -0.369. The highest BCUT2D eigenvalue weighted by atomic mass is 16.7. The lowest BCUT2D eigenvalue weighted by Crippen LogP contribution is -2.53. The van der Waals surface area contributed by atoms with Gasteiger partial charge in [0.15, 0.2) is 5.79 Å². The fraction of sp³-hybridized carbons (Fsp3) is 0.909. The van der Waals surface area contributed by atoms with Gasteiger partial charge in [0.2, 0.25) is 5.91 Å². The maximum atomic E-state index is 11.3. The SMILES string of the molecule is O=C1CC[C@@H]2CCC3(C[C@@H]2N1)OCCO3. The molecule has 1 saturated carbocycles. The van der Waals surface area contributed by atoms with Crippen molar-refractivity contribution in [2.45, 2.75) is 43.9 Å². The molecule has 2 heterocycles. The summed E-state index contributed by atoms with van der Waals surface area (Å²) in [6, 6.07) is 0.276. The Morgan fingerprint density at radius 2 is 2.07 bits per heavy atom. The number of hydrogen-bond acceptors (Lipinski definition) is 3. The van der Waals surface area contributed by atoms with Crippen LogP contribution < -0.4 is 5.32 Å². The number of amides is 1. The fourth-order valence-electron chi connectivity index (χ4n) is 3.08. The van der Waals surface area contributed by atoms with Crippen LogP contribution in [-0.2, 0) is 14.3 Å². The molecule has 1 N–H and O–H groups in total. The van der Waals surface area contributed by atoms with Crippen molar-refractivity contribution in [1.82, 2.24) is 5.32 Å². The van der Waals surface area contributed by atoms with Gasteiger partial charge in [-0.25, -0.2) is 0 Å². The summed E-state index contributed by atoms with van der Waals surface area (Å²) in [5.74, 6) is 0.457.